The molecule has 0 aliphatic carbocycles. The second-order valence-corrected chi connectivity index (χ2v) is 9.30. The number of Topliss-reactive ketones (excluding diaryl/α,β-unsaturated/α-hetero) is 1. The van der Waals surface area contributed by atoms with Crippen molar-refractivity contribution < 1.29 is 28.9 Å². The van der Waals surface area contributed by atoms with E-state index in [9.17, 15) is 14.7 Å². The van der Waals surface area contributed by atoms with Crippen molar-refractivity contribution in [1.29, 1.82) is 0 Å². The number of ketones is 1. The van der Waals surface area contributed by atoms with Crippen LogP contribution < -0.4 is 24.8 Å². The normalized spacial score (nSPS) is 14.2. The summed E-state index contributed by atoms with van der Waals surface area (Å²) in [5.41, 5.74) is 1.33. The fourth-order valence-corrected chi connectivity index (χ4v) is 4.03. The summed E-state index contributed by atoms with van der Waals surface area (Å²) < 4.78 is 16.3. The summed E-state index contributed by atoms with van der Waals surface area (Å²) in [6, 6.07) is 12.2. The van der Waals surface area contributed by atoms with Gasteiger partial charge in [-0.25, -0.2) is 0 Å². The number of ether oxygens (including phenoxy) is 3. The lowest BCUT2D eigenvalue weighted by Crippen LogP contribution is -2.47. The molecule has 0 fully saturated rings. The SMILES string of the molecule is COc1ccc(C(=O)CCCCCC(=O)N[C@H](CNC(C)C)[C@H](O)c2ccc3c(c2)OCCO3)cc1. The first-order chi connectivity index (χ1) is 17.4. The number of nitrogens with one attached hydrogen (secondary N) is 2. The molecule has 3 rings (SSSR count). The van der Waals surface area contributed by atoms with Crippen LogP contribution in [0.3, 0.4) is 0 Å². The van der Waals surface area contributed by atoms with Crippen molar-refractivity contribution in [2.45, 2.75) is 64.1 Å². The van der Waals surface area contributed by atoms with Crippen molar-refractivity contribution in [1.82, 2.24) is 10.6 Å². The Hall–Kier alpha value is -3.10. The highest BCUT2D eigenvalue weighted by molar-refractivity contribution is 5.96. The maximum absolute atomic E-state index is 12.7. The third kappa shape index (κ3) is 8.24. The van der Waals surface area contributed by atoms with Gasteiger partial charge < -0.3 is 30.0 Å². The number of benzene rings is 2. The third-order valence-corrected chi connectivity index (χ3v) is 6.10. The molecule has 0 bridgehead atoms. The van der Waals surface area contributed by atoms with Gasteiger partial charge in [0.25, 0.3) is 0 Å². The topological polar surface area (TPSA) is 106 Å². The highest BCUT2D eigenvalue weighted by atomic mass is 16.6. The number of carbonyl (C=O) groups is 2. The van der Waals surface area contributed by atoms with E-state index in [1.165, 1.54) is 0 Å². The van der Waals surface area contributed by atoms with Gasteiger partial charge in [0, 0.05) is 31.0 Å². The van der Waals surface area contributed by atoms with Crippen LogP contribution in [0, 0.1) is 0 Å². The van der Waals surface area contributed by atoms with Crippen molar-refractivity contribution in [2.24, 2.45) is 0 Å². The molecule has 8 heteroatoms. The molecule has 2 aromatic rings. The number of fused-ring (bicyclic) bond motifs is 1. The van der Waals surface area contributed by atoms with Gasteiger partial charge in [-0.2, -0.15) is 0 Å². The van der Waals surface area contributed by atoms with Gasteiger partial charge in [0.2, 0.25) is 5.91 Å². The first-order valence-corrected chi connectivity index (χ1v) is 12.6. The van der Waals surface area contributed by atoms with Gasteiger partial charge in [-0.1, -0.05) is 26.3 Å². The van der Waals surface area contributed by atoms with E-state index >= 15 is 0 Å². The van der Waals surface area contributed by atoms with Crippen LogP contribution in [0.15, 0.2) is 42.5 Å². The van der Waals surface area contributed by atoms with Crippen LogP contribution in [-0.2, 0) is 4.79 Å². The average molecular weight is 499 g/mol. The zero-order valence-electron chi connectivity index (χ0n) is 21.4. The summed E-state index contributed by atoms with van der Waals surface area (Å²) >= 11 is 0. The monoisotopic (exact) mass is 498 g/mol. The van der Waals surface area contributed by atoms with Gasteiger partial charge in [-0.15, -0.1) is 0 Å². The zero-order chi connectivity index (χ0) is 25.9. The maximum Gasteiger partial charge on any atom is 0.220 e. The molecule has 1 aliphatic heterocycles. The predicted molar refractivity (Wildman–Crippen MR) is 138 cm³/mol. The summed E-state index contributed by atoms with van der Waals surface area (Å²) in [6.45, 7) is 5.43. The molecular weight excluding hydrogens is 460 g/mol. The van der Waals surface area contributed by atoms with E-state index in [1.54, 1.807) is 49.6 Å². The van der Waals surface area contributed by atoms with Crippen molar-refractivity contribution in [2.75, 3.05) is 26.9 Å². The van der Waals surface area contributed by atoms with Crippen LogP contribution in [0.4, 0.5) is 0 Å². The molecule has 0 saturated heterocycles. The van der Waals surface area contributed by atoms with Gasteiger partial charge in [-0.3, -0.25) is 9.59 Å². The van der Waals surface area contributed by atoms with Crippen LogP contribution in [0.5, 0.6) is 17.2 Å². The second-order valence-electron chi connectivity index (χ2n) is 9.30. The van der Waals surface area contributed by atoms with Crippen molar-refractivity contribution in [3.05, 3.63) is 53.6 Å². The summed E-state index contributed by atoms with van der Waals surface area (Å²) in [4.78, 5) is 25.0. The molecule has 196 valence electrons. The lowest BCUT2D eigenvalue weighted by molar-refractivity contribution is -0.122. The first kappa shape index (κ1) is 27.5. The Morgan fingerprint density at radius 1 is 0.972 bits per heavy atom. The number of amides is 1. The molecule has 3 N–H and O–H groups in total. The Labute approximate surface area is 213 Å². The number of aliphatic hydroxyl groups is 1. The number of hydrogen-bond donors (Lipinski definition) is 3. The number of hydrogen-bond acceptors (Lipinski definition) is 7. The summed E-state index contributed by atoms with van der Waals surface area (Å²) in [5, 5.41) is 17.3. The molecule has 8 nitrogen and oxygen atoms in total. The Kier molecular flexibility index (Phi) is 10.6. The standard InChI is InChI=1S/C28H38N2O6/c1-19(2)29-18-23(28(33)21-11-14-25-26(17-21)36-16-15-35-25)30-27(32)8-6-4-5-7-24(31)20-9-12-22(34-3)13-10-20/h9-14,17,19,23,28-29,33H,4-8,15-16,18H2,1-3H3,(H,30,32)/t23-,28-/m1/s1. The molecule has 36 heavy (non-hydrogen) atoms. The maximum atomic E-state index is 12.7. The molecule has 1 aliphatic rings. The fraction of sp³-hybridized carbons (Fsp3) is 0.500. The number of methoxy groups -OCH3 is 1. The lowest BCUT2D eigenvalue weighted by Gasteiger charge is -2.27. The number of unbranched alkanes of at least 4 members (excludes halogenated alkanes) is 2. The van der Waals surface area contributed by atoms with Gasteiger partial charge in [0.1, 0.15) is 25.1 Å². The van der Waals surface area contributed by atoms with Crippen LogP contribution in [0.1, 0.15) is 68.0 Å². The minimum absolute atomic E-state index is 0.0875. The zero-order valence-corrected chi connectivity index (χ0v) is 21.4. The summed E-state index contributed by atoms with van der Waals surface area (Å²) in [7, 11) is 1.59. The summed E-state index contributed by atoms with van der Waals surface area (Å²) in [5.74, 6) is 1.94. The first-order valence-electron chi connectivity index (χ1n) is 12.6. The molecule has 0 saturated carbocycles. The van der Waals surface area contributed by atoms with E-state index in [2.05, 4.69) is 10.6 Å². The van der Waals surface area contributed by atoms with E-state index in [0.717, 1.165) is 18.6 Å². The third-order valence-electron chi connectivity index (χ3n) is 6.10. The molecule has 1 amide bonds. The highest BCUT2D eigenvalue weighted by Gasteiger charge is 2.25. The van der Waals surface area contributed by atoms with Crippen LogP contribution in [0.2, 0.25) is 0 Å². The number of aliphatic hydroxyl groups excluding tert-OH is 1. The highest BCUT2D eigenvalue weighted by Crippen LogP contribution is 2.33. The Morgan fingerprint density at radius 3 is 2.36 bits per heavy atom. The van der Waals surface area contributed by atoms with E-state index in [-0.39, 0.29) is 17.7 Å². The van der Waals surface area contributed by atoms with E-state index < -0.39 is 12.1 Å². The molecule has 2 atom stereocenters. The molecule has 0 aromatic heterocycles. The molecule has 1 heterocycles. The van der Waals surface area contributed by atoms with E-state index in [1.807, 2.05) is 13.8 Å². The summed E-state index contributed by atoms with van der Waals surface area (Å²) in [6.07, 6.45) is 2.04. The Bertz CT molecular complexity index is 992. The fourth-order valence-electron chi connectivity index (χ4n) is 4.03. The Morgan fingerprint density at radius 2 is 1.67 bits per heavy atom. The van der Waals surface area contributed by atoms with Gasteiger partial charge in [0.15, 0.2) is 17.3 Å². The van der Waals surface area contributed by atoms with Gasteiger partial charge in [-0.05, 0) is 54.8 Å². The molecular formula is C28H38N2O6. The smallest absolute Gasteiger partial charge is 0.220 e. The lowest BCUT2D eigenvalue weighted by atomic mass is 10.0. The predicted octanol–water partition coefficient (Wildman–Crippen LogP) is 3.82. The second kappa shape index (κ2) is 13.8. The largest absolute Gasteiger partial charge is 0.497 e. The quantitative estimate of drug-likeness (QED) is 0.269. The van der Waals surface area contributed by atoms with E-state index in [0.29, 0.717) is 61.6 Å². The average Bonchev–Trinajstić information content (AvgIpc) is 2.90. The van der Waals surface area contributed by atoms with E-state index in [4.69, 9.17) is 14.2 Å². The van der Waals surface area contributed by atoms with Crippen LogP contribution >= 0.6 is 0 Å². The van der Waals surface area contributed by atoms with Gasteiger partial charge >= 0.3 is 0 Å². The minimum Gasteiger partial charge on any atom is -0.497 e. The number of rotatable bonds is 14. The molecule has 2 aromatic carbocycles. The van der Waals surface area contributed by atoms with Gasteiger partial charge in [0.05, 0.1) is 13.2 Å². The molecule has 0 unspecified atom stereocenters. The van der Waals surface area contributed by atoms with Crippen molar-refractivity contribution >= 4 is 11.7 Å². The van der Waals surface area contributed by atoms with Crippen molar-refractivity contribution in [3.63, 3.8) is 0 Å². The van der Waals surface area contributed by atoms with Crippen LogP contribution in [-0.4, -0.2) is 55.7 Å². The van der Waals surface area contributed by atoms with Crippen molar-refractivity contribution in [3.8, 4) is 17.2 Å². The Balaban J connectivity index is 1.46. The van der Waals surface area contributed by atoms with Crippen LogP contribution in [0.25, 0.3) is 0 Å². The number of carbonyl (C=O) groups excluding carboxylic acids is 2. The minimum atomic E-state index is -0.904. The molecule has 0 radical (unpaired) electrons. The molecule has 0 spiro atoms.